The van der Waals surface area contributed by atoms with Crippen LogP contribution in [0.4, 0.5) is 4.39 Å². The molecule has 3 aromatic heterocycles. The van der Waals surface area contributed by atoms with Gasteiger partial charge in [-0.2, -0.15) is 0 Å². The zero-order valence-corrected chi connectivity index (χ0v) is 29.4. The second kappa shape index (κ2) is 14.5. The maximum Gasteiger partial charge on any atom is 0.337 e. The van der Waals surface area contributed by atoms with Crippen molar-refractivity contribution in [1.82, 2.24) is 29.2 Å². The standard InChI is InChI=1S/C39H45FN6O2S/c1-26(2)44-19-17-43(18-20-44)25-28-8-10-29(11-9-28)30-5-4-6-34(21-30)45-37-36(22-31(40)23-42-37)38(47)46(39(45)48)33-14-12-32(13-15-33)41-24-35-16-7-27(3)49-35/h4-11,16,21-23,26,32-33,41H,12-15,17-20,24-25H2,1-3H3. The molecule has 1 saturated heterocycles. The van der Waals surface area contributed by atoms with Gasteiger partial charge in [0.25, 0.3) is 5.56 Å². The molecule has 5 aromatic rings. The lowest BCUT2D eigenvalue weighted by Crippen LogP contribution is -2.48. The van der Waals surface area contributed by atoms with Gasteiger partial charge in [0, 0.05) is 67.1 Å². The van der Waals surface area contributed by atoms with E-state index < -0.39 is 17.1 Å². The highest BCUT2D eigenvalue weighted by Crippen LogP contribution is 2.29. The summed E-state index contributed by atoms with van der Waals surface area (Å²) in [5.74, 6) is -0.603. The number of nitrogens with zero attached hydrogens (tertiary/aromatic N) is 5. The molecule has 1 N–H and O–H groups in total. The van der Waals surface area contributed by atoms with Crippen LogP contribution in [0.2, 0.25) is 0 Å². The molecular formula is C39H45FN6O2S. The van der Waals surface area contributed by atoms with Gasteiger partial charge in [0.15, 0.2) is 5.65 Å². The first-order chi connectivity index (χ1) is 23.7. The van der Waals surface area contributed by atoms with E-state index in [0.717, 1.165) is 69.4 Å². The van der Waals surface area contributed by atoms with Crippen LogP contribution in [0, 0.1) is 12.7 Å². The van der Waals surface area contributed by atoms with Crippen LogP contribution in [-0.2, 0) is 13.1 Å². The SMILES string of the molecule is Cc1ccc(CNC2CCC(n3c(=O)c4cc(F)cnc4n(-c4cccc(-c5ccc(CN6CCN(C(C)C)CC6)cc5)c4)c3=O)CC2)s1. The van der Waals surface area contributed by atoms with Crippen LogP contribution in [0.15, 0.2) is 82.5 Å². The van der Waals surface area contributed by atoms with E-state index in [1.807, 2.05) is 24.3 Å². The van der Waals surface area contributed by atoms with Gasteiger partial charge in [-0.1, -0.05) is 36.4 Å². The molecule has 4 heterocycles. The van der Waals surface area contributed by atoms with E-state index in [1.54, 1.807) is 11.3 Å². The number of aryl methyl sites for hydroxylation is 1. The quantitative estimate of drug-likeness (QED) is 0.191. The summed E-state index contributed by atoms with van der Waals surface area (Å²) in [6.07, 6.45) is 4.13. The predicted molar refractivity (Wildman–Crippen MR) is 196 cm³/mol. The molecule has 256 valence electrons. The Morgan fingerprint density at radius 3 is 2.37 bits per heavy atom. The Kier molecular flexibility index (Phi) is 9.91. The zero-order chi connectivity index (χ0) is 34.1. The molecule has 0 bridgehead atoms. The smallest absolute Gasteiger partial charge is 0.309 e. The predicted octanol–water partition coefficient (Wildman–Crippen LogP) is 6.52. The lowest BCUT2D eigenvalue weighted by Gasteiger charge is -2.36. The van der Waals surface area contributed by atoms with Crippen LogP contribution < -0.4 is 16.6 Å². The van der Waals surface area contributed by atoms with Gasteiger partial charge in [0.1, 0.15) is 5.82 Å². The van der Waals surface area contributed by atoms with Crippen molar-refractivity contribution < 1.29 is 4.39 Å². The normalized spacial score (nSPS) is 19.2. The van der Waals surface area contributed by atoms with Crippen molar-refractivity contribution >= 4 is 22.4 Å². The first kappa shape index (κ1) is 33.5. The van der Waals surface area contributed by atoms with Crippen LogP contribution in [0.1, 0.15) is 60.9 Å². The van der Waals surface area contributed by atoms with Crippen LogP contribution in [0.5, 0.6) is 0 Å². The van der Waals surface area contributed by atoms with Crippen molar-refractivity contribution in [3.8, 4) is 16.8 Å². The Morgan fingerprint density at radius 2 is 1.67 bits per heavy atom. The van der Waals surface area contributed by atoms with Gasteiger partial charge in [-0.05, 0) is 93.5 Å². The largest absolute Gasteiger partial charge is 0.337 e. The Bertz CT molecular complexity index is 2040. The van der Waals surface area contributed by atoms with Crippen molar-refractivity contribution in [2.75, 3.05) is 26.2 Å². The monoisotopic (exact) mass is 680 g/mol. The van der Waals surface area contributed by atoms with Crippen molar-refractivity contribution in [2.45, 2.75) is 77.7 Å². The fourth-order valence-corrected chi connectivity index (χ4v) is 8.26. The third kappa shape index (κ3) is 7.33. The van der Waals surface area contributed by atoms with E-state index in [1.165, 1.54) is 30.5 Å². The lowest BCUT2D eigenvalue weighted by atomic mass is 9.91. The van der Waals surface area contributed by atoms with Crippen LogP contribution >= 0.6 is 11.3 Å². The average molecular weight is 681 g/mol. The molecule has 1 saturated carbocycles. The number of rotatable bonds is 9. The van der Waals surface area contributed by atoms with E-state index in [9.17, 15) is 14.0 Å². The summed E-state index contributed by atoms with van der Waals surface area (Å²) in [7, 11) is 0. The third-order valence-electron chi connectivity index (χ3n) is 10.2. The van der Waals surface area contributed by atoms with Crippen LogP contribution in [0.25, 0.3) is 27.8 Å². The summed E-state index contributed by atoms with van der Waals surface area (Å²) >= 11 is 1.79. The van der Waals surface area contributed by atoms with E-state index in [-0.39, 0.29) is 17.1 Å². The molecule has 2 aromatic carbocycles. The van der Waals surface area contributed by atoms with E-state index in [4.69, 9.17) is 0 Å². The minimum Gasteiger partial charge on any atom is -0.309 e. The molecular weight excluding hydrogens is 636 g/mol. The Hall–Kier alpha value is -3.96. The number of benzene rings is 2. The number of halogens is 1. The van der Waals surface area contributed by atoms with Crippen molar-refractivity contribution in [1.29, 1.82) is 0 Å². The average Bonchev–Trinajstić information content (AvgIpc) is 3.54. The topological polar surface area (TPSA) is 75.4 Å². The highest BCUT2D eigenvalue weighted by atomic mass is 32.1. The summed E-state index contributed by atoms with van der Waals surface area (Å²) in [6.45, 7) is 12.7. The number of fused-ring (bicyclic) bond motifs is 1. The molecule has 7 rings (SSSR count). The maximum atomic E-state index is 14.5. The highest BCUT2D eigenvalue weighted by molar-refractivity contribution is 7.11. The molecule has 2 fully saturated rings. The molecule has 0 spiro atoms. The maximum absolute atomic E-state index is 14.5. The highest BCUT2D eigenvalue weighted by Gasteiger charge is 2.27. The van der Waals surface area contributed by atoms with Gasteiger partial charge in [-0.3, -0.25) is 19.2 Å². The van der Waals surface area contributed by atoms with Gasteiger partial charge in [0.2, 0.25) is 0 Å². The molecule has 0 atom stereocenters. The van der Waals surface area contributed by atoms with Crippen LogP contribution in [-0.4, -0.2) is 62.2 Å². The minimum absolute atomic E-state index is 0.108. The number of thiophene rings is 1. The van der Waals surface area contributed by atoms with Crippen molar-refractivity contribution in [3.05, 3.63) is 115 Å². The fraction of sp³-hybridized carbons (Fsp3) is 0.410. The van der Waals surface area contributed by atoms with Gasteiger partial charge in [-0.25, -0.2) is 18.7 Å². The summed E-state index contributed by atoms with van der Waals surface area (Å²) in [5.41, 5.74) is 3.09. The van der Waals surface area contributed by atoms with Gasteiger partial charge < -0.3 is 5.32 Å². The van der Waals surface area contributed by atoms with E-state index in [0.29, 0.717) is 30.6 Å². The number of piperazine rings is 1. The number of aromatic nitrogens is 3. The summed E-state index contributed by atoms with van der Waals surface area (Å²) in [4.78, 5) is 40.0. The first-order valence-electron chi connectivity index (χ1n) is 17.5. The van der Waals surface area contributed by atoms with Gasteiger partial charge in [-0.15, -0.1) is 11.3 Å². The second-order valence-corrected chi connectivity index (χ2v) is 15.2. The van der Waals surface area contributed by atoms with E-state index in [2.05, 4.69) is 77.3 Å². The number of pyridine rings is 1. The summed E-state index contributed by atoms with van der Waals surface area (Å²) in [6, 6.07) is 22.5. The summed E-state index contributed by atoms with van der Waals surface area (Å²) < 4.78 is 17.3. The van der Waals surface area contributed by atoms with Gasteiger partial charge in [0.05, 0.1) is 17.3 Å². The minimum atomic E-state index is -0.603. The number of hydrogen-bond donors (Lipinski definition) is 1. The molecule has 1 aliphatic carbocycles. The third-order valence-corrected chi connectivity index (χ3v) is 11.3. The molecule has 0 unspecified atom stereocenters. The molecule has 10 heteroatoms. The molecule has 0 radical (unpaired) electrons. The Labute approximate surface area is 290 Å². The lowest BCUT2D eigenvalue weighted by molar-refractivity contribution is 0.104. The molecule has 49 heavy (non-hydrogen) atoms. The molecule has 8 nitrogen and oxygen atoms in total. The van der Waals surface area contributed by atoms with E-state index >= 15 is 0 Å². The number of hydrogen-bond acceptors (Lipinski definition) is 7. The Morgan fingerprint density at radius 1 is 0.918 bits per heavy atom. The van der Waals surface area contributed by atoms with Gasteiger partial charge >= 0.3 is 5.69 Å². The second-order valence-electron chi connectivity index (χ2n) is 13.9. The molecule has 0 amide bonds. The molecule has 1 aliphatic heterocycles. The van der Waals surface area contributed by atoms with Crippen molar-refractivity contribution in [3.63, 3.8) is 0 Å². The van der Waals surface area contributed by atoms with Crippen molar-refractivity contribution in [2.24, 2.45) is 0 Å². The summed E-state index contributed by atoms with van der Waals surface area (Å²) in [5, 5.41) is 3.76. The number of nitrogens with one attached hydrogen (secondary N) is 1. The molecule has 2 aliphatic rings. The van der Waals surface area contributed by atoms with Crippen LogP contribution in [0.3, 0.4) is 0 Å². The zero-order valence-electron chi connectivity index (χ0n) is 28.6. The first-order valence-corrected chi connectivity index (χ1v) is 18.3. The Balaban J connectivity index is 1.13. The fourth-order valence-electron chi connectivity index (χ4n) is 7.42.